The van der Waals surface area contributed by atoms with Gasteiger partial charge in [0.05, 0.1) is 6.54 Å². The second-order valence-electron chi connectivity index (χ2n) is 7.10. The number of hydrogen-bond donors (Lipinski definition) is 3. The molecule has 0 unspecified atom stereocenters. The number of benzene rings is 2. The summed E-state index contributed by atoms with van der Waals surface area (Å²) in [7, 11) is 0. The van der Waals surface area contributed by atoms with Crippen LogP contribution in [0.15, 0.2) is 47.2 Å². The van der Waals surface area contributed by atoms with E-state index in [0.717, 1.165) is 16.9 Å². The van der Waals surface area contributed by atoms with E-state index in [1.165, 1.54) is 11.2 Å². The quantitative estimate of drug-likeness (QED) is 0.454. The van der Waals surface area contributed by atoms with Crippen LogP contribution >= 0.6 is 0 Å². The number of nitrogens with one attached hydrogen (secondary N) is 1. The monoisotopic (exact) mass is 449 g/mol. The van der Waals surface area contributed by atoms with Gasteiger partial charge in [-0.05, 0) is 44.9 Å². The van der Waals surface area contributed by atoms with Gasteiger partial charge in [0.25, 0.3) is 5.91 Å². The minimum Gasteiger partial charge on any atom is -0.505 e. The predicted molar refractivity (Wildman–Crippen MR) is 127 cm³/mol. The average molecular weight is 450 g/mol. The highest BCUT2D eigenvalue weighted by Gasteiger charge is 2.31. The van der Waals surface area contributed by atoms with Gasteiger partial charge < -0.3 is 20.3 Å². The molecule has 8 heteroatoms. The molecule has 8 nitrogen and oxygen atoms in total. The van der Waals surface area contributed by atoms with E-state index in [4.69, 9.17) is 9.84 Å². The van der Waals surface area contributed by atoms with Crippen molar-refractivity contribution < 1.29 is 24.5 Å². The number of carbonyl (C=O) groups excluding carboxylic acids is 1. The zero-order chi connectivity index (χ0) is 24.5. The molecule has 3 rings (SSSR count). The zero-order valence-electron chi connectivity index (χ0n) is 19.0. The summed E-state index contributed by atoms with van der Waals surface area (Å²) in [5, 5.41) is 27.4. The molecule has 1 heterocycles. The molecule has 3 N–H and O–H groups in total. The lowest BCUT2D eigenvalue weighted by Gasteiger charge is -2.29. The number of hydrogen-bond acceptors (Lipinski definition) is 6. The Hall–Kier alpha value is -4.25. The molecule has 0 radical (unpaired) electrons. The fourth-order valence-electron chi connectivity index (χ4n) is 3.30. The Morgan fingerprint density at radius 2 is 1.85 bits per heavy atom. The summed E-state index contributed by atoms with van der Waals surface area (Å²) in [4.78, 5) is 23.3. The standard InChI is InChI=1S/C22H23N3O5.C3H4/c1-4-24-25-12-16-15(20(28)19(25)22(29)23-11-18(26)27)9-6-10-17(16)30-21-13(2)7-5-8-14(21)3;1-3-2/h4-10,28H,11-12H2,1-3H3,(H,23,29)(H,26,27);1H,2H3/b24-4-;. The first-order chi connectivity index (χ1) is 15.7. The summed E-state index contributed by atoms with van der Waals surface area (Å²) < 4.78 is 6.20. The van der Waals surface area contributed by atoms with Crippen LogP contribution in [0.2, 0.25) is 0 Å². The number of amides is 1. The molecule has 0 aliphatic carbocycles. The normalized spacial score (nSPS) is 12.4. The van der Waals surface area contributed by atoms with Crippen LogP contribution in [0.1, 0.15) is 36.1 Å². The first-order valence-corrected chi connectivity index (χ1v) is 10.2. The number of carbonyl (C=O) groups is 2. The summed E-state index contributed by atoms with van der Waals surface area (Å²) in [6.45, 7) is 6.84. The molecular formula is C25H27N3O5. The van der Waals surface area contributed by atoms with Crippen LogP contribution in [-0.2, 0) is 16.1 Å². The van der Waals surface area contributed by atoms with Crippen molar-refractivity contribution in [1.29, 1.82) is 0 Å². The number of rotatable bonds is 6. The van der Waals surface area contributed by atoms with Gasteiger partial charge in [0.2, 0.25) is 0 Å². The van der Waals surface area contributed by atoms with Crippen molar-refractivity contribution >= 4 is 23.9 Å². The number of carboxylic acid groups (broad SMARTS) is 1. The van der Waals surface area contributed by atoms with E-state index in [1.54, 1.807) is 32.0 Å². The van der Waals surface area contributed by atoms with Crippen molar-refractivity contribution in [2.24, 2.45) is 5.10 Å². The molecule has 33 heavy (non-hydrogen) atoms. The van der Waals surface area contributed by atoms with E-state index < -0.39 is 18.4 Å². The Balaban J connectivity index is 0.00000122. The van der Waals surface area contributed by atoms with Crippen LogP contribution in [0.5, 0.6) is 11.5 Å². The van der Waals surface area contributed by atoms with E-state index in [2.05, 4.69) is 22.8 Å². The van der Waals surface area contributed by atoms with Crippen molar-refractivity contribution in [2.75, 3.05) is 6.54 Å². The molecule has 0 fully saturated rings. The number of nitrogens with zero attached hydrogens (tertiary/aromatic N) is 2. The lowest BCUT2D eigenvalue weighted by molar-refractivity contribution is -0.137. The molecule has 2 aromatic rings. The first-order valence-electron chi connectivity index (χ1n) is 10.2. The van der Waals surface area contributed by atoms with Gasteiger partial charge in [-0.25, -0.2) is 0 Å². The highest BCUT2D eigenvalue weighted by molar-refractivity contribution is 6.01. The molecule has 1 aliphatic rings. The lowest BCUT2D eigenvalue weighted by Crippen LogP contribution is -2.38. The third-order valence-corrected chi connectivity index (χ3v) is 4.67. The highest BCUT2D eigenvalue weighted by Crippen LogP contribution is 2.38. The Morgan fingerprint density at radius 1 is 1.24 bits per heavy atom. The van der Waals surface area contributed by atoms with Crippen molar-refractivity contribution in [1.82, 2.24) is 10.3 Å². The predicted octanol–water partition coefficient (Wildman–Crippen LogP) is 3.98. The van der Waals surface area contributed by atoms with Crippen LogP contribution in [0.4, 0.5) is 0 Å². The fraction of sp³-hybridized carbons (Fsp3) is 0.240. The van der Waals surface area contributed by atoms with Gasteiger partial charge in [0, 0.05) is 17.3 Å². The van der Waals surface area contributed by atoms with Crippen molar-refractivity contribution in [3.63, 3.8) is 0 Å². The topological polar surface area (TPSA) is 111 Å². The number of aliphatic carboxylic acids is 1. The van der Waals surface area contributed by atoms with Crippen LogP contribution in [0, 0.1) is 26.2 Å². The maximum absolute atomic E-state index is 12.5. The van der Waals surface area contributed by atoms with Gasteiger partial charge in [-0.3, -0.25) is 14.6 Å². The Labute approximate surface area is 193 Å². The van der Waals surface area contributed by atoms with E-state index in [1.807, 2.05) is 32.0 Å². The highest BCUT2D eigenvalue weighted by atomic mass is 16.5. The van der Waals surface area contributed by atoms with Crippen LogP contribution in [-0.4, -0.2) is 39.9 Å². The SMILES string of the molecule is C#CC.C/C=N\N1Cc2c(Oc3c(C)cccc3C)cccc2C(O)=C1C(=O)NCC(=O)O. The second kappa shape index (κ2) is 11.4. The Kier molecular flexibility index (Phi) is 8.64. The largest absolute Gasteiger partial charge is 0.505 e. The number of carboxylic acids is 1. The molecule has 0 atom stereocenters. The van der Waals surface area contributed by atoms with E-state index in [-0.39, 0.29) is 18.0 Å². The maximum atomic E-state index is 12.5. The van der Waals surface area contributed by atoms with Crippen LogP contribution in [0.3, 0.4) is 0 Å². The third kappa shape index (κ3) is 5.92. The summed E-state index contributed by atoms with van der Waals surface area (Å²) in [5.74, 6) is 1.31. The van der Waals surface area contributed by atoms with E-state index >= 15 is 0 Å². The first kappa shape index (κ1) is 25.0. The molecule has 0 aromatic heterocycles. The number of hydrazone groups is 1. The number of fused-ring (bicyclic) bond motifs is 1. The number of terminal acetylenes is 1. The van der Waals surface area contributed by atoms with E-state index in [0.29, 0.717) is 16.9 Å². The minimum absolute atomic E-state index is 0.119. The number of aliphatic hydroxyl groups excluding tert-OH is 1. The molecule has 2 aromatic carbocycles. The smallest absolute Gasteiger partial charge is 0.322 e. The fourth-order valence-corrected chi connectivity index (χ4v) is 3.30. The number of para-hydroxylation sites is 1. The summed E-state index contributed by atoms with van der Waals surface area (Å²) in [6.07, 6.45) is 6.08. The average Bonchev–Trinajstić information content (AvgIpc) is 2.76. The lowest BCUT2D eigenvalue weighted by atomic mass is 9.99. The van der Waals surface area contributed by atoms with Gasteiger partial charge >= 0.3 is 5.97 Å². The molecule has 1 aliphatic heterocycles. The Bertz CT molecular complexity index is 1120. The second-order valence-corrected chi connectivity index (χ2v) is 7.10. The van der Waals surface area contributed by atoms with Gasteiger partial charge in [-0.2, -0.15) is 5.10 Å². The van der Waals surface area contributed by atoms with Crippen molar-refractivity contribution in [2.45, 2.75) is 34.2 Å². The van der Waals surface area contributed by atoms with Gasteiger partial charge in [0.1, 0.15) is 18.0 Å². The van der Waals surface area contributed by atoms with Crippen molar-refractivity contribution in [3.8, 4) is 23.8 Å². The summed E-state index contributed by atoms with van der Waals surface area (Å²) in [6, 6.07) is 11.1. The molecule has 0 saturated heterocycles. The molecular weight excluding hydrogens is 422 g/mol. The third-order valence-electron chi connectivity index (χ3n) is 4.67. The van der Waals surface area contributed by atoms with Crippen LogP contribution in [0.25, 0.3) is 5.76 Å². The van der Waals surface area contributed by atoms with Gasteiger partial charge in [-0.1, -0.05) is 30.3 Å². The van der Waals surface area contributed by atoms with E-state index in [9.17, 15) is 14.7 Å². The summed E-state index contributed by atoms with van der Waals surface area (Å²) in [5.41, 5.74) is 2.92. The van der Waals surface area contributed by atoms with Gasteiger partial charge in [0.15, 0.2) is 11.5 Å². The number of aliphatic hydroxyl groups is 1. The zero-order valence-corrected chi connectivity index (χ0v) is 19.0. The Morgan fingerprint density at radius 3 is 2.42 bits per heavy atom. The van der Waals surface area contributed by atoms with Crippen LogP contribution < -0.4 is 10.1 Å². The minimum atomic E-state index is -1.19. The maximum Gasteiger partial charge on any atom is 0.322 e. The number of aryl methyl sites for hydroxylation is 2. The summed E-state index contributed by atoms with van der Waals surface area (Å²) >= 11 is 0. The van der Waals surface area contributed by atoms with Crippen molar-refractivity contribution in [3.05, 3.63) is 64.3 Å². The molecule has 0 spiro atoms. The molecule has 0 saturated carbocycles. The number of ether oxygens (including phenoxy) is 1. The van der Waals surface area contributed by atoms with Gasteiger partial charge in [-0.15, -0.1) is 12.3 Å². The molecule has 172 valence electrons. The molecule has 0 bridgehead atoms. The molecule has 1 amide bonds.